The molecule has 0 aliphatic rings. The van der Waals surface area contributed by atoms with Crippen molar-refractivity contribution in [3.8, 4) is 11.5 Å². The molecule has 5 heteroatoms. The van der Waals surface area contributed by atoms with Crippen LogP contribution in [0.25, 0.3) is 0 Å². The summed E-state index contributed by atoms with van der Waals surface area (Å²) in [7, 11) is 0. The van der Waals surface area contributed by atoms with E-state index in [-0.39, 0.29) is 18.1 Å². The molecular weight excluding hydrogens is 197 g/mol. The van der Waals surface area contributed by atoms with Crippen molar-refractivity contribution >= 4 is 0 Å². The monoisotopic (exact) mass is 206 g/mol. The van der Waals surface area contributed by atoms with Crippen molar-refractivity contribution in [3.05, 3.63) is 24.3 Å². The molecule has 0 N–H and O–H groups in total. The van der Waals surface area contributed by atoms with Crippen LogP contribution in [0.15, 0.2) is 24.3 Å². The Morgan fingerprint density at radius 3 is 2.21 bits per heavy atom. The maximum Gasteiger partial charge on any atom is 0.573 e. The van der Waals surface area contributed by atoms with Crippen LogP contribution in [0.3, 0.4) is 0 Å². The molecule has 14 heavy (non-hydrogen) atoms. The van der Waals surface area contributed by atoms with Crippen LogP contribution in [0.2, 0.25) is 0 Å². The Morgan fingerprint density at radius 2 is 1.71 bits per heavy atom. The van der Waals surface area contributed by atoms with Crippen molar-refractivity contribution in [1.29, 1.82) is 0 Å². The largest absolute Gasteiger partial charge is 0.573 e. The third-order valence-corrected chi connectivity index (χ3v) is 1.37. The number of rotatable bonds is 3. The van der Waals surface area contributed by atoms with Crippen LogP contribution < -0.4 is 9.47 Å². The van der Waals surface area contributed by atoms with E-state index in [1.54, 1.807) is 13.0 Å². The summed E-state index contributed by atoms with van der Waals surface area (Å²) >= 11 is 0. The third kappa shape index (κ3) is 3.16. The van der Waals surface area contributed by atoms with Crippen molar-refractivity contribution in [2.24, 2.45) is 0 Å². The average Bonchev–Trinajstić information content (AvgIpc) is 2.06. The lowest BCUT2D eigenvalue weighted by Gasteiger charge is -2.12. The van der Waals surface area contributed by atoms with Gasteiger partial charge in [0.25, 0.3) is 0 Å². The highest BCUT2D eigenvalue weighted by atomic mass is 19.4. The van der Waals surface area contributed by atoms with Crippen LogP contribution in [0.5, 0.6) is 11.5 Å². The molecule has 2 nitrogen and oxygen atoms in total. The number of halogens is 3. The van der Waals surface area contributed by atoms with Crippen LogP contribution in [0.4, 0.5) is 13.2 Å². The van der Waals surface area contributed by atoms with Crippen LogP contribution in [-0.4, -0.2) is 13.0 Å². The molecule has 0 spiro atoms. The quantitative estimate of drug-likeness (QED) is 0.756. The van der Waals surface area contributed by atoms with Gasteiger partial charge in [0, 0.05) is 0 Å². The molecule has 0 amide bonds. The standard InChI is InChI=1S/C9H9F3O2/c1-2-13-7-5-3-4-6-8(7)14-9(10,11)12/h3-6H,2H2,1H3. The predicted molar refractivity (Wildman–Crippen MR) is 44.3 cm³/mol. The normalized spacial score (nSPS) is 11.1. The second kappa shape index (κ2) is 4.21. The molecule has 1 rings (SSSR count). The second-order valence-electron chi connectivity index (χ2n) is 2.43. The zero-order valence-electron chi connectivity index (χ0n) is 7.47. The summed E-state index contributed by atoms with van der Waals surface area (Å²) in [6, 6.07) is 5.65. The lowest BCUT2D eigenvalue weighted by Crippen LogP contribution is -2.17. The van der Waals surface area contributed by atoms with Gasteiger partial charge in [-0.1, -0.05) is 12.1 Å². The van der Waals surface area contributed by atoms with Crippen molar-refractivity contribution < 1.29 is 22.6 Å². The molecule has 0 heterocycles. The Balaban J connectivity index is 2.84. The molecule has 0 atom stereocenters. The zero-order chi connectivity index (χ0) is 10.6. The molecule has 1 aromatic carbocycles. The van der Waals surface area contributed by atoms with Gasteiger partial charge in [-0.25, -0.2) is 0 Å². The molecule has 1 aromatic rings. The van der Waals surface area contributed by atoms with E-state index in [4.69, 9.17) is 4.74 Å². The van der Waals surface area contributed by atoms with Crippen LogP contribution in [0.1, 0.15) is 6.92 Å². The Kier molecular flexibility index (Phi) is 3.22. The highest BCUT2D eigenvalue weighted by Crippen LogP contribution is 2.31. The Morgan fingerprint density at radius 1 is 1.14 bits per heavy atom. The average molecular weight is 206 g/mol. The SMILES string of the molecule is CCOc1ccccc1OC(F)(F)F. The van der Waals surface area contributed by atoms with Crippen LogP contribution >= 0.6 is 0 Å². The number of alkyl halides is 3. The number of para-hydroxylation sites is 2. The first-order valence-corrected chi connectivity index (χ1v) is 4.00. The number of ether oxygens (including phenoxy) is 2. The van der Waals surface area contributed by atoms with Gasteiger partial charge < -0.3 is 9.47 Å². The first kappa shape index (κ1) is 10.7. The fraction of sp³-hybridized carbons (Fsp3) is 0.333. The lowest BCUT2D eigenvalue weighted by molar-refractivity contribution is -0.275. The van der Waals surface area contributed by atoms with Crippen molar-refractivity contribution in [2.45, 2.75) is 13.3 Å². The number of hydrogen-bond donors (Lipinski definition) is 0. The van der Waals surface area contributed by atoms with E-state index in [9.17, 15) is 13.2 Å². The van der Waals surface area contributed by atoms with E-state index in [2.05, 4.69) is 4.74 Å². The van der Waals surface area contributed by atoms with E-state index >= 15 is 0 Å². The summed E-state index contributed by atoms with van der Waals surface area (Å²) in [5, 5.41) is 0. The molecular formula is C9H9F3O2. The van der Waals surface area contributed by atoms with Crippen LogP contribution in [0, 0.1) is 0 Å². The maximum atomic E-state index is 11.9. The van der Waals surface area contributed by atoms with Gasteiger partial charge in [-0.15, -0.1) is 13.2 Å². The fourth-order valence-corrected chi connectivity index (χ4v) is 0.934. The summed E-state index contributed by atoms with van der Waals surface area (Å²) in [5.74, 6) is -0.228. The fourth-order valence-electron chi connectivity index (χ4n) is 0.934. The molecule has 0 fully saturated rings. The molecule has 0 saturated carbocycles. The van der Waals surface area contributed by atoms with Gasteiger partial charge in [0.15, 0.2) is 11.5 Å². The van der Waals surface area contributed by atoms with Crippen molar-refractivity contribution in [3.63, 3.8) is 0 Å². The number of hydrogen-bond acceptors (Lipinski definition) is 2. The molecule has 0 aliphatic heterocycles. The summed E-state index contributed by atoms with van der Waals surface area (Å²) in [5.41, 5.74) is 0. The maximum absolute atomic E-state index is 11.9. The summed E-state index contributed by atoms with van der Waals surface area (Å²) in [6.45, 7) is 1.97. The van der Waals surface area contributed by atoms with E-state index in [1.807, 2.05) is 0 Å². The topological polar surface area (TPSA) is 18.5 Å². The first-order valence-electron chi connectivity index (χ1n) is 4.00. The Labute approximate surface area is 79.2 Å². The zero-order valence-corrected chi connectivity index (χ0v) is 7.47. The molecule has 0 radical (unpaired) electrons. The van der Waals surface area contributed by atoms with Gasteiger partial charge in [-0.2, -0.15) is 0 Å². The highest BCUT2D eigenvalue weighted by Gasteiger charge is 2.32. The molecule has 0 aromatic heterocycles. The lowest BCUT2D eigenvalue weighted by atomic mass is 10.3. The third-order valence-electron chi connectivity index (χ3n) is 1.37. The molecule has 0 aliphatic carbocycles. The first-order chi connectivity index (χ1) is 6.53. The van der Waals surface area contributed by atoms with Crippen LogP contribution in [-0.2, 0) is 0 Å². The Hall–Kier alpha value is -1.39. The Bertz CT molecular complexity index is 296. The molecule has 0 unspecified atom stereocenters. The van der Waals surface area contributed by atoms with Gasteiger partial charge in [-0.3, -0.25) is 0 Å². The van der Waals surface area contributed by atoms with Gasteiger partial charge in [0.1, 0.15) is 0 Å². The summed E-state index contributed by atoms with van der Waals surface area (Å²) in [6.07, 6.45) is -4.69. The van der Waals surface area contributed by atoms with Crippen molar-refractivity contribution in [1.82, 2.24) is 0 Å². The molecule has 0 saturated heterocycles. The van der Waals surface area contributed by atoms with Gasteiger partial charge in [0.05, 0.1) is 6.61 Å². The predicted octanol–water partition coefficient (Wildman–Crippen LogP) is 2.98. The molecule has 78 valence electrons. The minimum atomic E-state index is -4.69. The minimum Gasteiger partial charge on any atom is -0.490 e. The molecule has 0 bridgehead atoms. The van der Waals surface area contributed by atoms with E-state index in [0.29, 0.717) is 0 Å². The smallest absolute Gasteiger partial charge is 0.490 e. The van der Waals surface area contributed by atoms with E-state index in [1.165, 1.54) is 18.2 Å². The highest BCUT2D eigenvalue weighted by molar-refractivity contribution is 5.39. The summed E-state index contributed by atoms with van der Waals surface area (Å²) < 4.78 is 44.4. The van der Waals surface area contributed by atoms with Gasteiger partial charge in [0.2, 0.25) is 0 Å². The van der Waals surface area contributed by atoms with E-state index < -0.39 is 6.36 Å². The van der Waals surface area contributed by atoms with E-state index in [0.717, 1.165) is 0 Å². The van der Waals surface area contributed by atoms with Crippen molar-refractivity contribution in [2.75, 3.05) is 6.61 Å². The minimum absolute atomic E-state index is 0.0901. The van der Waals surface area contributed by atoms with Gasteiger partial charge >= 0.3 is 6.36 Å². The number of benzene rings is 1. The summed E-state index contributed by atoms with van der Waals surface area (Å²) in [4.78, 5) is 0. The van der Waals surface area contributed by atoms with Gasteiger partial charge in [-0.05, 0) is 19.1 Å². The second-order valence-corrected chi connectivity index (χ2v) is 2.43.